The minimum atomic E-state index is -4.53. The Morgan fingerprint density at radius 2 is 1.90 bits per heavy atom. The average Bonchev–Trinajstić information content (AvgIpc) is 2.96. The van der Waals surface area contributed by atoms with E-state index in [1.807, 2.05) is 0 Å². The fourth-order valence-corrected chi connectivity index (χ4v) is 3.86. The number of thiocarbonyl (C=S) groups is 1. The van der Waals surface area contributed by atoms with Crippen LogP contribution in [0.25, 0.3) is 6.08 Å². The number of rotatable bonds is 5. The molecule has 1 aliphatic rings. The Hall–Kier alpha value is -2.85. The number of hydrogen-bond donors (Lipinski definition) is 1. The second-order valence-corrected chi connectivity index (χ2v) is 7.91. The number of carbonyl (C=O) groups excluding carboxylic acids is 1. The monoisotopic (exact) mass is 453 g/mol. The molecule has 1 heterocycles. The molecule has 3 rings (SSSR count). The lowest BCUT2D eigenvalue weighted by Crippen LogP contribution is -2.27. The molecule has 0 radical (unpaired) electrons. The zero-order valence-corrected chi connectivity index (χ0v) is 17.0. The lowest BCUT2D eigenvalue weighted by Gasteiger charge is -2.16. The van der Waals surface area contributed by atoms with E-state index in [2.05, 4.69) is 0 Å². The summed E-state index contributed by atoms with van der Waals surface area (Å²) in [5.74, 6) is -1.28. The van der Waals surface area contributed by atoms with Gasteiger partial charge >= 0.3 is 12.1 Å². The number of thioether (sulfide) groups is 1. The van der Waals surface area contributed by atoms with Gasteiger partial charge in [-0.05, 0) is 48.9 Å². The zero-order chi connectivity index (χ0) is 22.1. The lowest BCUT2D eigenvalue weighted by molar-refractivity contribution is -0.144. The highest BCUT2D eigenvalue weighted by Crippen LogP contribution is 2.38. The number of carboxylic acid groups (broad SMARTS) is 1. The lowest BCUT2D eigenvalue weighted by atomic mass is 10.1. The SMILES string of the molecule is CC(Oc1ccc(/C=C2/SC(=S)N(c3cccc(C(F)(F)F)c3)C2=O)cc1)C(=O)O. The molecule has 2 aromatic rings. The van der Waals surface area contributed by atoms with Crippen molar-refractivity contribution in [3.05, 3.63) is 64.6 Å². The summed E-state index contributed by atoms with van der Waals surface area (Å²) in [6.45, 7) is 1.40. The number of hydrogen-bond acceptors (Lipinski definition) is 5. The Morgan fingerprint density at radius 3 is 2.50 bits per heavy atom. The molecule has 0 spiro atoms. The molecule has 1 amide bonds. The highest BCUT2D eigenvalue weighted by molar-refractivity contribution is 8.27. The van der Waals surface area contributed by atoms with E-state index in [0.717, 1.165) is 28.8 Å². The number of carbonyl (C=O) groups is 2. The predicted molar refractivity (Wildman–Crippen MR) is 111 cm³/mol. The van der Waals surface area contributed by atoms with Gasteiger partial charge in [-0.15, -0.1) is 0 Å². The number of alkyl halides is 3. The topological polar surface area (TPSA) is 66.8 Å². The molecule has 1 aliphatic heterocycles. The van der Waals surface area contributed by atoms with Crippen LogP contribution in [-0.4, -0.2) is 27.4 Å². The van der Waals surface area contributed by atoms with E-state index in [0.29, 0.717) is 11.3 Å². The Balaban J connectivity index is 1.81. The van der Waals surface area contributed by atoms with Crippen LogP contribution in [0.4, 0.5) is 18.9 Å². The maximum absolute atomic E-state index is 13.0. The first-order valence-corrected chi connectivity index (χ1v) is 9.73. The van der Waals surface area contributed by atoms with Crippen molar-refractivity contribution in [3.63, 3.8) is 0 Å². The first kappa shape index (κ1) is 21.8. The predicted octanol–water partition coefficient (Wildman–Crippen LogP) is 4.96. The summed E-state index contributed by atoms with van der Waals surface area (Å²) < 4.78 is 44.3. The number of aliphatic carboxylic acids is 1. The van der Waals surface area contributed by atoms with Crippen molar-refractivity contribution in [1.82, 2.24) is 0 Å². The molecule has 1 N–H and O–H groups in total. The summed E-state index contributed by atoms with van der Waals surface area (Å²) in [5.41, 5.74) is -0.207. The Labute approximate surface area is 179 Å². The number of amides is 1. The van der Waals surface area contributed by atoms with Gasteiger partial charge in [-0.2, -0.15) is 13.2 Å². The van der Waals surface area contributed by atoms with E-state index in [1.165, 1.54) is 19.1 Å². The zero-order valence-electron chi connectivity index (χ0n) is 15.3. The molecule has 0 saturated carbocycles. The molecular weight excluding hydrogens is 439 g/mol. The number of nitrogens with zero attached hydrogens (tertiary/aromatic N) is 1. The van der Waals surface area contributed by atoms with E-state index in [9.17, 15) is 22.8 Å². The first-order chi connectivity index (χ1) is 14.1. The van der Waals surface area contributed by atoms with Gasteiger partial charge in [-0.1, -0.05) is 42.2 Å². The maximum Gasteiger partial charge on any atom is 0.416 e. The van der Waals surface area contributed by atoms with Gasteiger partial charge in [-0.3, -0.25) is 9.69 Å². The van der Waals surface area contributed by atoms with Crippen LogP contribution >= 0.6 is 24.0 Å². The van der Waals surface area contributed by atoms with Crippen molar-refractivity contribution in [2.75, 3.05) is 4.90 Å². The van der Waals surface area contributed by atoms with Crippen LogP contribution in [0.5, 0.6) is 5.75 Å². The second-order valence-electron chi connectivity index (χ2n) is 6.23. The number of halogens is 3. The van der Waals surface area contributed by atoms with Crippen molar-refractivity contribution < 1.29 is 32.6 Å². The van der Waals surface area contributed by atoms with Crippen molar-refractivity contribution in [2.45, 2.75) is 19.2 Å². The van der Waals surface area contributed by atoms with Crippen LogP contribution in [0.2, 0.25) is 0 Å². The molecule has 10 heteroatoms. The molecule has 1 fully saturated rings. The number of benzene rings is 2. The van der Waals surface area contributed by atoms with Gasteiger partial charge in [0, 0.05) is 0 Å². The molecule has 0 aliphatic carbocycles. The highest BCUT2D eigenvalue weighted by atomic mass is 32.2. The van der Waals surface area contributed by atoms with Crippen LogP contribution < -0.4 is 9.64 Å². The fourth-order valence-electron chi connectivity index (χ4n) is 2.56. The summed E-state index contributed by atoms with van der Waals surface area (Å²) in [4.78, 5) is 24.9. The van der Waals surface area contributed by atoms with Gasteiger partial charge < -0.3 is 9.84 Å². The Bertz CT molecular complexity index is 1040. The molecule has 2 aromatic carbocycles. The van der Waals surface area contributed by atoms with Gasteiger partial charge in [0.2, 0.25) is 0 Å². The van der Waals surface area contributed by atoms with E-state index < -0.39 is 29.7 Å². The van der Waals surface area contributed by atoms with Crippen LogP contribution in [0, 0.1) is 0 Å². The quantitative estimate of drug-likeness (QED) is 0.510. The van der Waals surface area contributed by atoms with Crippen LogP contribution in [-0.2, 0) is 15.8 Å². The van der Waals surface area contributed by atoms with Crippen molar-refractivity contribution in [1.29, 1.82) is 0 Å². The van der Waals surface area contributed by atoms with Gasteiger partial charge in [0.25, 0.3) is 5.91 Å². The summed E-state index contributed by atoms with van der Waals surface area (Å²) in [5, 5.41) is 8.87. The molecule has 5 nitrogen and oxygen atoms in total. The molecule has 30 heavy (non-hydrogen) atoms. The average molecular weight is 453 g/mol. The van der Waals surface area contributed by atoms with Crippen LogP contribution in [0.1, 0.15) is 18.1 Å². The minimum absolute atomic E-state index is 0.0436. The van der Waals surface area contributed by atoms with Crippen molar-refractivity contribution >= 4 is 51.9 Å². The molecule has 0 aromatic heterocycles. The number of carboxylic acids is 1. The molecular formula is C20H14F3NO4S2. The normalized spacial score (nSPS) is 16.8. The van der Waals surface area contributed by atoms with Gasteiger partial charge in [0.15, 0.2) is 10.4 Å². The second kappa shape index (κ2) is 8.49. The molecule has 1 atom stereocenters. The van der Waals surface area contributed by atoms with E-state index in [1.54, 1.807) is 30.3 Å². The molecule has 1 saturated heterocycles. The fraction of sp³-hybridized carbons (Fsp3) is 0.150. The molecule has 0 bridgehead atoms. The third kappa shape index (κ3) is 4.82. The number of anilines is 1. The minimum Gasteiger partial charge on any atom is -0.479 e. The van der Waals surface area contributed by atoms with Gasteiger partial charge in [-0.25, -0.2) is 4.79 Å². The van der Waals surface area contributed by atoms with E-state index in [4.69, 9.17) is 22.1 Å². The summed E-state index contributed by atoms with van der Waals surface area (Å²) in [6, 6.07) is 10.8. The van der Waals surface area contributed by atoms with Gasteiger partial charge in [0.05, 0.1) is 16.2 Å². The van der Waals surface area contributed by atoms with Gasteiger partial charge in [0.1, 0.15) is 5.75 Å². The first-order valence-electron chi connectivity index (χ1n) is 8.51. The Morgan fingerprint density at radius 1 is 1.23 bits per heavy atom. The Kier molecular flexibility index (Phi) is 6.18. The molecule has 1 unspecified atom stereocenters. The van der Waals surface area contributed by atoms with E-state index >= 15 is 0 Å². The standard InChI is InChI=1S/C20H14F3NO4S2/c1-11(18(26)27)28-15-7-5-12(6-8-15)9-16-17(25)24(19(29)30-16)14-4-2-3-13(10-14)20(21,22)23/h2-11H,1H3,(H,26,27)/b16-9+. The van der Waals surface area contributed by atoms with Crippen molar-refractivity contribution in [2.24, 2.45) is 0 Å². The van der Waals surface area contributed by atoms with Crippen LogP contribution in [0.3, 0.4) is 0 Å². The highest BCUT2D eigenvalue weighted by Gasteiger charge is 2.36. The largest absolute Gasteiger partial charge is 0.479 e. The molecule has 156 valence electrons. The third-order valence-corrected chi connectivity index (χ3v) is 5.37. The van der Waals surface area contributed by atoms with E-state index in [-0.39, 0.29) is 14.9 Å². The smallest absolute Gasteiger partial charge is 0.416 e. The summed E-state index contributed by atoms with van der Waals surface area (Å²) in [7, 11) is 0. The van der Waals surface area contributed by atoms with Crippen molar-refractivity contribution in [3.8, 4) is 5.75 Å². The van der Waals surface area contributed by atoms with Crippen LogP contribution in [0.15, 0.2) is 53.4 Å². The summed E-state index contributed by atoms with van der Waals surface area (Å²) in [6.07, 6.45) is -3.99. The summed E-state index contributed by atoms with van der Waals surface area (Å²) >= 11 is 6.17. The third-order valence-electron chi connectivity index (χ3n) is 4.06. The maximum atomic E-state index is 13.0. The number of ether oxygens (including phenoxy) is 1.